The molecular formula is C14H14F4N6O5S. The maximum atomic E-state index is 13.3. The minimum atomic E-state index is -4.93. The van der Waals surface area contributed by atoms with Crippen LogP contribution in [0.3, 0.4) is 0 Å². The third kappa shape index (κ3) is 6.38. The zero-order valence-corrected chi connectivity index (χ0v) is 15.6. The van der Waals surface area contributed by atoms with Crippen LogP contribution in [-0.4, -0.2) is 49.4 Å². The fourth-order valence-electron chi connectivity index (χ4n) is 2.03. The Labute approximate surface area is 166 Å². The first-order chi connectivity index (χ1) is 13.9. The quantitative estimate of drug-likeness (QED) is 0.183. The maximum Gasteiger partial charge on any atom is 0.419 e. The summed E-state index contributed by atoms with van der Waals surface area (Å²) in [5, 5.41) is 16.9. The van der Waals surface area contributed by atoms with Gasteiger partial charge in [-0.3, -0.25) is 10.2 Å². The molecule has 2 aromatic rings. The molecule has 0 aliphatic rings. The molecule has 1 aromatic carbocycles. The molecule has 0 atom stereocenters. The van der Waals surface area contributed by atoms with Crippen LogP contribution in [0.5, 0.6) is 5.88 Å². The molecule has 0 bridgehead atoms. The molecule has 11 nitrogen and oxygen atoms in total. The maximum absolute atomic E-state index is 13.3. The van der Waals surface area contributed by atoms with Crippen molar-refractivity contribution in [3.8, 4) is 5.88 Å². The van der Waals surface area contributed by atoms with Crippen LogP contribution in [0.25, 0.3) is 0 Å². The number of rotatable bonds is 9. The van der Waals surface area contributed by atoms with E-state index in [2.05, 4.69) is 20.3 Å². The summed E-state index contributed by atoms with van der Waals surface area (Å²) < 4.78 is 86.1. The Hall–Kier alpha value is -3.27. The molecule has 1 amide bonds. The standard InChI is InChI=1S/C14H14F4N6O5S/c15-9-2-1-7(5-8(9)14(16,17)18)22-12(20)11-13(24-29-23-11)28-4-3-21-30(26,27)6-10(19)25/h1-2,5,21H,3-4,6H2,(H2,19,25)(H2,20,22). The van der Waals surface area contributed by atoms with E-state index >= 15 is 0 Å². The van der Waals surface area contributed by atoms with E-state index in [-0.39, 0.29) is 30.4 Å². The number of nitrogens with one attached hydrogen (secondary N) is 3. The van der Waals surface area contributed by atoms with Crippen LogP contribution < -0.4 is 20.5 Å². The predicted molar refractivity (Wildman–Crippen MR) is 92.6 cm³/mol. The van der Waals surface area contributed by atoms with Crippen LogP contribution in [0, 0.1) is 11.2 Å². The summed E-state index contributed by atoms with van der Waals surface area (Å²) in [5.41, 5.74) is 2.65. The summed E-state index contributed by atoms with van der Waals surface area (Å²) >= 11 is 0. The van der Waals surface area contributed by atoms with Gasteiger partial charge in [-0.15, -0.1) is 0 Å². The van der Waals surface area contributed by atoms with Gasteiger partial charge in [-0.05, 0) is 28.5 Å². The summed E-state index contributed by atoms with van der Waals surface area (Å²) in [6.07, 6.45) is -4.93. The monoisotopic (exact) mass is 454 g/mol. The summed E-state index contributed by atoms with van der Waals surface area (Å²) in [5.74, 6) is -4.40. The molecule has 0 aliphatic carbocycles. The molecule has 5 N–H and O–H groups in total. The van der Waals surface area contributed by atoms with Crippen molar-refractivity contribution in [3.63, 3.8) is 0 Å². The van der Waals surface area contributed by atoms with Crippen molar-refractivity contribution in [1.29, 1.82) is 5.41 Å². The van der Waals surface area contributed by atoms with Crippen LogP contribution >= 0.6 is 0 Å². The van der Waals surface area contributed by atoms with Crippen molar-refractivity contribution >= 4 is 27.5 Å². The fraction of sp³-hybridized carbons (Fsp3) is 0.286. The lowest BCUT2D eigenvalue weighted by molar-refractivity contribution is -0.139. The summed E-state index contributed by atoms with van der Waals surface area (Å²) in [7, 11) is -3.95. The highest BCUT2D eigenvalue weighted by molar-refractivity contribution is 7.90. The second-order valence-corrected chi connectivity index (χ2v) is 7.39. The third-order valence-electron chi connectivity index (χ3n) is 3.23. The van der Waals surface area contributed by atoms with E-state index in [1.807, 2.05) is 4.72 Å². The number of carbonyl (C=O) groups excluding carboxylic acids is 1. The number of nitrogens with two attached hydrogens (primary N) is 1. The molecule has 0 fully saturated rings. The molecule has 0 radical (unpaired) electrons. The van der Waals surface area contributed by atoms with Crippen molar-refractivity contribution in [2.24, 2.45) is 5.73 Å². The van der Waals surface area contributed by atoms with Crippen molar-refractivity contribution < 1.29 is 40.1 Å². The molecule has 0 unspecified atom stereocenters. The van der Waals surface area contributed by atoms with E-state index in [0.717, 1.165) is 6.07 Å². The number of primary amides is 1. The van der Waals surface area contributed by atoms with Crippen molar-refractivity contribution in [2.45, 2.75) is 6.18 Å². The summed E-state index contributed by atoms with van der Waals surface area (Å²) in [6, 6.07) is 2.02. The predicted octanol–water partition coefficient (Wildman–Crippen LogP) is 0.448. The van der Waals surface area contributed by atoms with Gasteiger partial charge in [0.2, 0.25) is 21.6 Å². The second kappa shape index (κ2) is 9.04. The zero-order valence-electron chi connectivity index (χ0n) is 14.8. The third-order valence-corrected chi connectivity index (χ3v) is 4.54. The van der Waals surface area contributed by atoms with Crippen LogP contribution in [0.2, 0.25) is 0 Å². The first-order valence-corrected chi connectivity index (χ1v) is 9.48. The minimum Gasteiger partial charge on any atom is -0.472 e. The number of benzene rings is 1. The molecule has 16 heteroatoms. The van der Waals surface area contributed by atoms with Crippen LogP contribution in [-0.2, 0) is 21.0 Å². The Bertz CT molecular complexity index is 1040. The number of anilines is 1. The molecule has 0 spiro atoms. The van der Waals surface area contributed by atoms with Gasteiger partial charge in [-0.1, -0.05) is 0 Å². The van der Waals surface area contributed by atoms with E-state index in [4.69, 9.17) is 15.9 Å². The Balaban J connectivity index is 2.00. The van der Waals surface area contributed by atoms with Crippen LogP contribution in [0.1, 0.15) is 11.3 Å². The number of amides is 1. The highest BCUT2D eigenvalue weighted by Gasteiger charge is 2.34. The van der Waals surface area contributed by atoms with Gasteiger partial charge in [0, 0.05) is 12.2 Å². The lowest BCUT2D eigenvalue weighted by Crippen LogP contribution is -2.35. The molecule has 0 saturated carbocycles. The van der Waals surface area contributed by atoms with E-state index in [0.29, 0.717) is 12.1 Å². The molecule has 2 rings (SSSR count). The number of nitrogens with zero attached hydrogens (tertiary/aromatic N) is 2. The number of halogens is 4. The van der Waals surface area contributed by atoms with Gasteiger partial charge >= 0.3 is 6.18 Å². The number of hydrogen-bond acceptors (Lipinski definition) is 8. The molecular weight excluding hydrogens is 440 g/mol. The number of amidine groups is 1. The topological polar surface area (TPSA) is 173 Å². The second-order valence-electron chi connectivity index (χ2n) is 5.58. The van der Waals surface area contributed by atoms with Gasteiger partial charge in [0.05, 0.1) is 5.56 Å². The molecule has 164 valence electrons. The Morgan fingerprint density at radius 1 is 1.30 bits per heavy atom. The first kappa shape index (κ1) is 23.0. The number of alkyl halides is 3. The van der Waals surface area contributed by atoms with Gasteiger partial charge in [-0.2, -0.15) is 13.2 Å². The number of carbonyl (C=O) groups is 1. The van der Waals surface area contributed by atoms with Gasteiger partial charge < -0.3 is 15.8 Å². The fourth-order valence-corrected chi connectivity index (χ4v) is 2.91. The Morgan fingerprint density at radius 2 is 2.00 bits per heavy atom. The van der Waals surface area contributed by atoms with E-state index < -0.39 is 45.1 Å². The largest absolute Gasteiger partial charge is 0.472 e. The summed E-state index contributed by atoms with van der Waals surface area (Å²) in [6.45, 7) is -0.614. The van der Waals surface area contributed by atoms with Crippen LogP contribution in [0.4, 0.5) is 23.2 Å². The highest BCUT2D eigenvalue weighted by Crippen LogP contribution is 2.33. The van der Waals surface area contributed by atoms with Crippen LogP contribution in [0.15, 0.2) is 22.8 Å². The number of ether oxygens (including phenoxy) is 1. The van der Waals surface area contributed by atoms with Crippen molar-refractivity contribution in [2.75, 3.05) is 24.2 Å². The van der Waals surface area contributed by atoms with Gasteiger partial charge in [0.1, 0.15) is 18.2 Å². The first-order valence-electron chi connectivity index (χ1n) is 7.83. The lowest BCUT2D eigenvalue weighted by atomic mass is 10.1. The SMILES string of the molecule is N=C(Nc1ccc(F)c(C(F)(F)F)c1)c1nonc1OCCNS(=O)(=O)CC(N)=O. The van der Waals surface area contributed by atoms with Gasteiger partial charge in [0.15, 0.2) is 5.84 Å². The zero-order chi connectivity index (χ0) is 22.5. The highest BCUT2D eigenvalue weighted by atomic mass is 32.2. The van der Waals surface area contributed by atoms with Gasteiger partial charge in [-0.25, -0.2) is 22.2 Å². The van der Waals surface area contributed by atoms with Crippen molar-refractivity contribution in [1.82, 2.24) is 15.0 Å². The smallest absolute Gasteiger partial charge is 0.419 e. The number of aromatic nitrogens is 2. The van der Waals surface area contributed by atoms with E-state index in [9.17, 15) is 30.8 Å². The molecule has 0 aliphatic heterocycles. The Kier molecular flexibility index (Phi) is 6.93. The average Bonchev–Trinajstić information content (AvgIpc) is 3.07. The van der Waals surface area contributed by atoms with E-state index in [1.165, 1.54) is 0 Å². The minimum absolute atomic E-state index is 0.262. The lowest BCUT2D eigenvalue weighted by Gasteiger charge is -2.11. The van der Waals surface area contributed by atoms with Crippen molar-refractivity contribution in [3.05, 3.63) is 35.3 Å². The average molecular weight is 454 g/mol. The molecule has 30 heavy (non-hydrogen) atoms. The van der Waals surface area contributed by atoms with Gasteiger partial charge in [0.25, 0.3) is 5.88 Å². The van der Waals surface area contributed by atoms with E-state index in [1.54, 1.807) is 0 Å². The normalized spacial score (nSPS) is 11.9. The Morgan fingerprint density at radius 3 is 2.63 bits per heavy atom. The molecule has 0 saturated heterocycles. The number of sulfonamides is 1. The number of hydrogen-bond donors (Lipinski definition) is 4. The molecule has 1 heterocycles. The molecule has 1 aromatic heterocycles. The summed E-state index contributed by atoms with van der Waals surface area (Å²) in [4.78, 5) is 10.6.